The van der Waals surface area contributed by atoms with E-state index in [1.54, 1.807) is 14.0 Å². The summed E-state index contributed by atoms with van der Waals surface area (Å²) < 4.78 is 6.54. The van der Waals surface area contributed by atoms with Crippen LogP contribution in [-0.4, -0.2) is 29.2 Å². The molecular weight excluding hydrogens is 386 g/mol. The predicted molar refractivity (Wildman–Crippen MR) is 116 cm³/mol. The number of methoxy groups -OCH3 is 1. The third kappa shape index (κ3) is 3.43. The molecule has 7 heteroatoms. The van der Waals surface area contributed by atoms with Crippen molar-refractivity contribution in [1.82, 2.24) is 9.55 Å². The fourth-order valence-corrected chi connectivity index (χ4v) is 4.47. The van der Waals surface area contributed by atoms with E-state index < -0.39 is 11.9 Å². The van der Waals surface area contributed by atoms with Gasteiger partial charge in [0.05, 0.1) is 12.0 Å². The van der Waals surface area contributed by atoms with Crippen LogP contribution >= 0.6 is 11.3 Å². The highest BCUT2D eigenvalue weighted by Gasteiger charge is 2.22. The van der Waals surface area contributed by atoms with E-state index in [1.165, 1.54) is 15.9 Å². The Labute approximate surface area is 171 Å². The zero-order valence-electron chi connectivity index (χ0n) is 16.2. The first-order chi connectivity index (χ1) is 14.0. The minimum Gasteiger partial charge on any atom is -0.384 e. The van der Waals surface area contributed by atoms with Gasteiger partial charge in [-0.05, 0) is 29.3 Å². The van der Waals surface area contributed by atoms with Crippen LogP contribution in [0.15, 0.2) is 52.6 Å². The van der Waals surface area contributed by atoms with E-state index in [2.05, 4.69) is 17.1 Å². The molecule has 2 heterocycles. The van der Waals surface area contributed by atoms with Crippen molar-refractivity contribution >= 4 is 38.2 Å². The number of aromatic nitrogens is 2. The Bertz CT molecular complexity index is 1280. The summed E-state index contributed by atoms with van der Waals surface area (Å²) in [5.74, 6) is -0.0723. The number of nitrogens with zero attached hydrogens (tertiary/aromatic N) is 2. The van der Waals surface area contributed by atoms with E-state index in [0.717, 1.165) is 21.9 Å². The van der Waals surface area contributed by atoms with Gasteiger partial charge in [-0.2, -0.15) is 0 Å². The lowest BCUT2D eigenvalue weighted by Crippen LogP contribution is -2.35. The van der Waals surface area contributed by atoms with Crippen LogP contribution in [0.25, 0.3) is 32.1 Å². The van der Waals surface area contributed by atoms with Gasteiger partial charge < -0.3 is 10.5 Å². The lowest BCUT2D eigenvalue weighted by molar-refractivity contribution is -0.120. The quantitative estimate of drug-likeness (QED) is 0.530. The van der Waals surface area contributed by atoms with Gasteiger partial charge in [-0.1, -0.05) is 36.4 Å². The molecular formula is C22H21N3O3S. The number of primary amides is 1. The smallest absolute Gasteiger partial charge is 0.263 e. The Morgan fingerprint density at radius 1 is 1.24 bits per heavy atom. The number of ether oxygens (including phenoxy) is 1. The number of thiophene rings is 1. The Balaban J connectivity index is 1.95. The van der Waals surface area contributed by atoms with Gasteiger partial charge in [0.1, 0.15) is 16.7 Å². The highest BCUT2D eigenvalue weighted by atomic mass is 32.1. The summed E-state index contributed by atoms with van der Waals surface area (Å²) >= 11 is 1.42. The van der Waals surface area contributed by atoms with Gasteiger partial charge in [-0.25, -0.2) is 4.98 Å². The van der Waals surface area contributed by atoms with E-state index in [1.807, 2.05) is 35.7 Å². The Kier molecular flexibility index (Phi) is 5.17. The molecule has 0 radical (unpaired) electrons. The number of fused-ring (bicyclic) bond motifs is 2. The van der Waals surface area contributed by atoms with E-state index in [9.17, 15) is 9.59 Å². The minimum atomic E-state index is -0.796. The molecule has 1 unspecified atom stereocenters. The SMILES string of the molecule is COCCc1nc2scc(-c3ccc4ccccc4c3)c2c(=O)n1C(C)C(N)=O. The zero-order chi connectivity index (χ0) is 20.5. The summed E-state index contributed by atoms with van der Waals surface area (Å²) in [6, 6.07) is 13.4. The summed E-state index contributed by atoms with van der Waals surface area (Å²) in [6.07, 6.45) is 0.419. The van der Waals surface area contributed by atoms with E-state index >= 15 is 0 Å². The summed E-state index contributed by atoms with van der Waals surface area (Å²) in [5.41, 5.74) is 7.02. The van der Waals surface area contributed by atoms with Crippen molar-refractivity contribution in [2.75, 3.05) is 13.7 Å². The summed E-state index contributed by atoms with van der Waals surface area (Å²) in [4.78, 5) is 30.6. The van der Waals surface area contributed by atoms with E-state index in [4.69, 9.17) is 10.5 Å². The maximum Gasteiger partial charge on any atom is 0.263 e. The molecule has 2 aromatic heterocycles. The van der Waals surface area contributed by atoms with Crippen molar-refractivity contribution in [3.8, 4) is 11.1 Å². The van der Waals surface area contributed by atoms with Gasteiger partial charge in [0.15, 0.2) is 0 Å². The number of amides is 1. The number of hydrogen-bond donors (Lipinski definition) is 1. The molecule has 1 atom stereocenters. The average molecular weight is 407 g/mol. The Morgan fingerprint density at radius 3 is 2.72 bits per heavy atom. The largest absolute Gasteiger partial charge is 0.384 e. The highest BCUT2D eigenvalue weighted by Crippen LogP contribution is 2.33. The number of nitrogens with two attached hydrogens (primary N) is 1. The van der Waals surface area contributed by atoms with E-state index in [-0.39, 0.29) is 5.56 Å². The fourth-order valence-electron chi connectivity index (χ4n) is 3.51. The summed E-state index contributed by atoms with van der Waals surface area (Å²) in [7, 11) is 1.58. The van der Waals surface area contributed by atoms with Crippen molar-refractivity contribution in [1.29, 1.82) is 0 Å². The maximum absolute atomic E-state index is 13.5. The third-order valence-corrected chi connectivity index (χ3v) is 5.97. The van der Waals surface area contributed by atoms with Crippen LogP contribution in [0.4, 0.5) is 0 Å². The molecule has 0 spiro atoms. The maximum atomic E-state index is 13.5. The second-order valence-electron chi connectivity index (χ2n) is 6.92. The van der Waals surface area contributed by atoms with Gasteiger partial charge in [0.25, 0.3) is 5.56 Å². The molecule has 4 rings (SSSR count). The monoisotopic (exact) mass is 407 g/mol. The molecule has 148 valence electrons. The zero-order valence-corrected chi connectivity index (χ0v) is 17.0. The van der Waals surface area contributed by atoms with Crippen LogP contribution in [0.3, 0.4) is 0 Å². The average Bonchev–Trinajstić information content (AvgIpc) is 3.15. The first-order valence-electron chi connectivity index (χ1n) is 9.31. The summed E-state index contributed by atoms with van der Waals surface area (Å²) in [5, 5.41) is 4.69. The first kappa shape index (κ1) is 19.3. The van der Waals surface area contributed by atoms with Crippen molar-refractivity contribution in [3.05, 3.63) is 64.0 Å². The van der Waals surface area contributed by atoms with Gasteiger partial charge in [-0.3, -0.25) is 14.2 Å². The van der Waals surface area contributed by atoms with Crippen LogP contribution in [0.5, 0.6) is 0 Å². The number of benzene rings is 2. The molecule has 0 aliphatic rings. The van der Waals surface area contributed by atoms with Crippen molar-refractivity contribution < 1.29 is 9.53 Å². The second-order valence-corrected chi connectivity index (χ2v) is 7.77. The molecule has 6 nitrogen and oxygen atoms in total. The minimum absolute atomic E-state index is 0.253. The number of carbonyl (C=O) groups excluding carboxylic acids is 1. The van der Waals surface area contributed by atoms with Crippen LogP contribution in [0.2, 0.25) is 0 Å². The molecule has 0 bridgehead atoms. The van der Waals surface area contributed by atoms with Gasteiger partial charge in [-0.15, -0.1) is 11.3 Å². The molecule has 1 amide bonds. The second kappa shape index (κ2) is 7.77. The molecule has 0 saturated heterocycles. The van der Waals surface area contributed by atoms with E-state index in [0.29, 0.717) is 29.1 Å². The number of carbonyl (C=O) groups is 1. The van der Waals surface area contributed by atoms with Crippen LogP contribution < -0.4 is 11.3 Å². The third-order valence-electron chi connectivity index (χ3n) is 5.10. The lowest BCUT2D eigenvalue weighted by atomic mass is 10.0. The van der Waals surface area contributed by atoms with Gasteiger partial charge >= 0.3 is 0 Å². The van der Waals surface area contributed by atoms with Crippen LogP contribution in [-0.2, 0) is 16.0 Å². The van der Waals surface area contributed by atoms with Crippen molar-refractivity contribution in [2.45, 2.75) is 19.4 Å². The number of hydrogen-bond acceptors (Lipinski definition) is 5. The summed E-state index contributed by atoms with van der Waals surface area (Å²) in [6.45, 7) is 2.02. The Morgan fingerprint density at radius 2 is 2.00 bits per heavy atom. The van der Waals surface area contributed by atoms with Gasteiger partial charge in [0.2, 0.25) is 5.91 Å². The number of rotatable bonds is 6. The van der Waals surface area contributed by atoms with Crippen molar-refractivity contribution in [2.24, 2.45) is 5.73 Å². The molecule has 4 aromatic rings. The van der Waals surface area contributed by atoms with Crippen LogP contribution in [0.1, 0.15) is 18.8 Å². The van der Waals surface area contributed by atoms with Crippen LogP contribution in [0, 0.1) is 0 Å². The Hall–Kier alpha value is -3.03. The topological polar surface area (TPSA) is 87.2 Å². The molecule has 0 aliphatic carbocycles. The first-order valence-corrected chi connectivity index (χ1v) is 10.2. The molecule has 0 saturated carbocycles. The normalized spacial score (nSPS) is 12.5. The fraction of sp³-hybridized carbons (Fsp3) is 0.227. The molecule has 0 fully saturated rings. The van der Waals surface area contributed by atoms with Gasteiger partial charge in [0, 0.05) is 24.5 Å². The standard InChI is InChI=1S/C22H21N3O3S/c1-13(20(23)26)25-18(9-10-28-2)24-21-19(22(25)27)17(12-29-21)16-8-7-14-5-3-4-6-15(14)11-16/h3-8,11-13H,9-10H2,1-2H3,(H2,23,26). The highest BCUT2D eigenvalue weighted by molar-refractivity contribution is 7.17. The molecule has 2 aromatic carbocycles. The molecule has 29 heavy (non-hydrogen) atoms. The molecule has 2 N–H and O–H groups in total. The molecule has 0 aliphatic heterocycles. The van der Waals surface area contributed by atoms with Crippen molar-refractivity contribution in [3.63, 3.8) is 0 Å². The lowest BCUT2D eigenvalue weighted by Gasteiger charge is -2.17. The predicted octanol–water partition coefficient (Wildman–Crippen LogP) is 3.51.